The summed E-state index contributed by atoms with van der Waals surface area (Å²) >= 11 is 0. The number of amidine groups is 1. The molecule has 1 aliphatic rings. The lowest BCUT2D eigenvalue weighted by atomic mass is 9.79. The molecule has 0 aromatic carbocycles. The van der Waals surface area contributed by atoms with E-state index in [2.05, 4.69) is 33.5 Å². The molecule has 0 atom stereocenters. The Balaban J connectivity index is 1.91. The zero-order valence-electron chi connectivity index (χ0n) is 13.5. The third-order valence-electron chi connectivity index (χ3n) is 4.24. The fourth-order valence-electron chi connectivity index (χ4n) is 2.65. The summed E-state index contributed by atoms with van der Waals surface area (Å²) in [6.07, 6.45) is 8.32. The summed E-state index contributed by atoms with van der Waals surface area (Å²) in [7, 11) is 0. The maximum atomic E-state index is 5.99. The number of rotatable bonds is 5. The summed E-state index contributed by atoms with van der Waals surface area (Å²) in [6.45, 7) is 8.91. The molecule has 118 valence electrons. The average Bonchev–Trinajstić information content (AvgIpc) is 2.53. The van der Waals surface area contributed by atoms with Gasteiger partial charge in [0.25, 0.3) is 0 Å². The van der Waals surface area contributed by atoms with Gasteiger partial charge in [0.15, 0.2) is 0 Å². The van der Waals surface area contributed by atoms with Gasteiger partial charge >= 0.3 is 0 Å². The molecule has 0 spiro atoms. The van der Waals surface area contributed by atoms with Gasteiger partial charge in [-0.2, -0.15) is 0 Å². The smallest absolute Gasteiger partial charge is 0.249 e. The molecule has 1 fully saturated rings. The summed E-state index contributed by atoms with van der Waals surface area (Å²) in [6, 6.07) is 1.75. The maximum absolute atomic E-state index is 5.99. The molecule has 1 saturated carbocycles. The van der Waals surface area contributed by atoms with Crippen LogP contribution in [-0.2, 0) is 0 Å². The first-order chi connectivity index (χ1) is 10.6. The molecule has 1 aliphatic carbocycles. The molecule has 2 N–H and O–H groups in total. The number of nitrogens with zero attached hydrogens (tertiary/aromatic N) is 4. The van der Waals surface area contributed by atoms with Crippen LogP contribution in [0.2, 0.25) is 0 Å². The number of aromatic nitrogens is 2. The van der Waals surface area contributed by atoms with Gasteiger partial charge in [0, 0.05) is 12.4 Å². The van der Waals surface area contributed by atoms with Crippen molar-refractivity contribution < 1.29 is 0 Å². The van der Waals surface area contributed by atoms with Gasteiger partial charge in [-0.15, -0.1) is 0 Å². The van der Waals surface area contributed by atoms with Gasteiger partial charge in [-0.3, -0.25) is 4.99 Å². The lowest BCUT2D eigenvalue weighted by Crippen LogP contribution is -2.23. The summed E-state index contributed by atoms with van der Waals surface area (Å²) in [5.41, 5.74) is 7.80. The van der Waals surface area contributed by atoms with Crippen LogP contribution in [0, 0.1) is 11.8 Å². The highest BCUT2D eigenvalue weighted by Crippen LogP contribution is 2.32. The zero-order chi connectivity index (χ0) is 15.9. The largest absolute Gasteiger partial charge is 0.382 e. The molecule has 1 aromatic heterocycles. The van der Waals surface area contributed by atoms with E-state index in [-0.39, 0.29) is 0 Å². The van der Waals surface area contributed by atoms with E-state index in [4.69, 9.17) is 5.73 Å². The van der Waals surface area contributed by atoms with Crippen molar-refractivity contribution >= 4 is 17.5 Å². The first-order valence-corrected chi connectivity index (χ1v) is 7.86. The fourth-order valence-corrected chi connectivity index (χ4v) is 2.65. The van der Waals surface area contributed by atoms with E-state index in [0.29, 0.717) is 30.0 Å². The predicted molar refractivity (Wildman–Crippen MR) is 91.6 cm³/mol. The second-order valence-corrected chi connectivity index (χ2v) is 6.06. The molecular formula is C17H25N5. The van der Waals surface area contributed by atoms with Crippen LogP contribution in [0.4, 0.5) is 5.95 Å². The number of aliphatic imine (C=N–C) groups is 2. The third kappa shape index (κ3) is 4.76. The van der Waals surface area contributed by atoms with E-state index in [1.165, 1.54) is 31.3 Å². The van der Waals surface area contributed by atoms with Crippen LogP contribution >= 0.6 is 0 Å². The van der Waals surface area contributed by atoms with Gasteiger partial charge in [-0.05, 0) is 37.7 Å². The van der Waals surface area contributed by atoms with Crippen LogP contribution in [0.25, 0.3) is 0 Å². The Morgan fingerprint density at radius 3 is 2.55 bits per heavy atom. The third-order valence-corrected chi connectivity index (χ3v) is 4.24. The van der Waals surface area contributed by atoms with E-state index in [1.54, 1.807) is 18.5 Å². The summed E-state index contributed by atoms with van der Waals surface area (Å²) in [5.74, 6) is 2.26. The number of hydrogen-bond acceptors (Lipinski definition) is 4. The molecule has 0 saturated heterocycles. The van der Waals surface area contributed by atoms with Crippen LogP contribution < -0.4 is 5.73 Å². The highest BCUT2D eigenvalue weighted by atomic mass is 15.0. The minimum atomic E-state index is 0.401. The van der Waals surface area contributed by atoms with Crippen molar-refractivity contribution in [3.05, 3.63) is 30.6 Å². The van der Waals surface area contributed by atoms with Gasteiger partial charge < -0.3 is 5.73 Å². The molecular weight excluding hydrogens is 274 g/mol. The van der Waals surface area contributed by atoms with Gasteiger partial charge in [-0.1, -0.05) is 31.9 Å². The van der Waals surface area contributed by atoms with E-state index < -0.39 is 0 Å². The van der Waals surface area contributed by atoms with Crippen LogP contribution in [-0.4, -0.2) is 28.1 Å². The molecule has 1 aromatic rings. The van der Waals surface area contributed by atoms with E-state index in [9.17, 15) is 0 Å². The van der Waals surface area contributed by atoms with Gasteiger partial charge in [0.05, 0.1) is 12.3 Å². The van der Waals surface area contributed by atoms with Crippen molar-refractivity contribution in [3.63, 3.8) is 0 Å². The van der Waals surface area contributed by atoms with Crippen molar-refractivity contribution in [2.75, 3.05) is 6.54 Å². The molecule has 1 heterocycles. The first kappa shape index (κ1) is 16.3. The second-order valence-electron chi connectivity index (χ2n) is 6.06. The molecule has 5 nitrogen and oxygen atoms in total. The number of hydrogen-bond donors (Lipinski definition) is 1. The second kappa shape index (κ2) is 7.82. The Hall–Kier alpha value is -2.04. The molecule has 22 heavy (non-hydrogen) atoms. The van der Waals surface area contributed by atoms with Crippen molar-refractivity contribution in [1.29, 1.82) is 0 Å². The molecule has 2 rings (SSSR count). The Kier molecular flexibility index (Phi) is 5.81. The van der Waals surface area contributed by atoms with Gasteiger partial charge in [0.1, 0.15) is 5.84 Å². The quantitative estimate of drug-likeness (QED) is 0.515. The zero-order valence-corrected chi connectivity index (χ0v) is 13.5. The van der Waals surface area contributed by atoms with Crippen molar-refractivity contribution in [1.82, 2.24) is 9.97 Å². The van der Waals surface area contributed by atoms with Crippen LogP contribution in [0.1, 0.15) is 39.5 Å². The first-order valence-electron chi connectivity index (χ1n) is 7.86. The van der Waals surface area contributed by atoms with Crippen LogP contribution in [0.15, 0.2) is 40.6 Å². The highest BCUT2D eigenvalue weighted by Gasteiger charge is 2.20. The van der Waals surface area contributed by atoms with E-state index >= 15 is 0 Å². The Morgan fingerprint density at radius 2 is 1.91 bits per heavy atom. The molecule has 0 unspecified atom stereocenters. The van der Waals surface area contributed by atoms with Gasteiger partial charge in [0.2, 0.25) is 5.95 Å². The molecule has 0 amide bonds. The van der Waals surface area contributed by atoms with Crippen molar-refractivity contribution in [2.24, 2.45) is 27.6 Å². The Morgan fingerprint density at radius 1 is 1.27 bits per heavy atom. The SMILES string of the molecule is C=C(CN=C(N)C(C)=Nc1ncccn1)C1CCC(C)CC1. The summed E-state index contributed by atoms with van der Waals surface area (Å²) in [5, 5.41) is 0. The minimum Gasteiger partial charge on any atom is -0.382 e. The van der Waals surface area contributed by atoms with Crippen molar-refractivity contribution in [3.8, 4) is 0 Å². The standard InChI is InChI=1S/C17H25N5/c1-12-5-7-15(8-6-12)13(2)11-21-16(18)14(3)22-17-19-9-4-10-20-17/h4,9-10,12,15H,2,5-8,11H2,1,3H3,(H2,18,21). The molecule has 0 bridgehead atoms. The summed E-state index contributed by atoms with van der Waals surface area (Å²) in [4.78, 5) is 16.8. The normalized spacial score (nSPS) is 23.4. The monoisotopic (exact) mass is 299 g/mol. The maximum Gasteiger partial charge on any atom is 0.249 e. The lowest BCUT2D eigenvalue weighted by molar-refractivity contribution is 0.319. The lowest BCUT2D eigenvalue weighted by Gasteiger charge is -2.27. The minimum absolute atomic E-state index is 0.401. The van der Waals surface area contributed by atoms with Crippen LogP contribution in [0.5, 0.6) is 0 Å². The Labute approximate surface area is 132 Å². The fraction of sp³-hybridized carbons (Fsp3) is 0.529. The van der Waals surface area contributed by atoms with Crippen molar-refractivity contribution in [2.45, 2.75) is 39.5 Å². The van der Waals surface area contributed by atoms with E-state index in [1.807, 2.05) is 6.92 Å². The molecule has 0 aliphatic heterocycles. The Bertz CT molecular complexity index is 554. The highest BCUT2D eigenvalue weighted by molar-refractivity contribution is 6.40. The van der Waals surface area contributed by atoms with E-state index in [0.717, 1.165) is 5.92 Å². The molecule has 0 radical (unpaired) electrons. The predicted octanol–water partition coefficient (Wildman–Crippen LogP) is 3.31. The van der Waals surface area contributed by atoms with Gasteiger partial charge in [-0.25, -0.2) is 15.0 Å². The summed E-state index contributed by atoms with van der Waals surface area (Å²) < 4.78 is 0. The molecule has 5 heteroatoms. The number of nitrogens with two attached hydrogens (primary N) is 1. The average molecular weight is 299 g/mol. The topological polar surface area (TPSA) is 76.5 Å². The van der Waals surface area contributed by atoms with Crippen LogP contribution in [0.3, 0.4) is 0 Å².